The lowest BCUT2D eigenvalue weighted by Crippen LogP contribution is -2.81. The minimum atomic E-state index is -2.38. The van der Waals surface area contributed by atoms with Crippen LogP contribution in [0.2, 0.25) is 0 Å². The highest BCUT2D eigenvalue weighted by atomic mass is 33.1. The molecule has 494 valence electrons. The van der Waals surface area contributed by atoms with Crippen LogP contribution >= 0.6 is 21.6 Å². The summed E-state index contributed by atoms with van der Waals surface area (Å²) < 4.78 is 13.9. The molecule has 0 amide bonds. The van der Waals surface area contributed by atoms with Gasteiger partial charge in [-0.05, 0) is 244 Å². The molecule has 93 heavy (non-hydrogen) atoms. The van der Waals surface area contributed by atoms with Gasteiger partial charge in [-0.3, -0.25) is 9.59 Å². The number of fused-ring (bicyclic) bond motifs is 3. The number of ketones is 2. The number of aliphatic hydroxyl groups is 7. The Balaban J connectivity index is 0.785. The zero-order chi connectivity index (χ0) is 63.8. The summed E-state index contributed by atoms with van der Waals surface area (Å²) in [4.78, 5) is 47.1. The number of benzene rings is 3. The molecule has 0 aromatic heterocycles. The second-order valence-corrected chi connectivity index (χ2v) is 35.0. The SMILES string of the molecule is O=C[C@H]1C[C@]2(CC[C@@]3(CC[C@H](Cc4cccc(O)c4)C3)C2)C[C@]12C[C@H]1C[C@@H]3C[C@H]4C[C@]5(CO)O[C@H]6Oc7cccc8c7C(=O)[C@@]7(C(O)=CC(Cc9cccc(CO)c9)=C[C@@H]7C8=O)[C@H]([C@H]7CC[C@@H]8CCCC[C@]8(O)C7)SSCNC7=CC(=C3CN7)[C@]1(C2)[C@H]4[C@](O)([C@@H]5O)[C@H]6O. The Morgan fingerprint density at radius 1 is 0.763 bits per heavy atom. The number of phenolic OH excluding ortho intramolecular Hbond substituents is 1. The van der Waals surface area contributed by atoms with Gasteiger partial charge in [-0.15, -0.1) is 0 Å². The lowest BCUT2D eigenvalue weighted by Gasteiger charge is -2.65. The van der Waals surface area contributed by atoms with Crippen LogP contribution in [-0.4, -0.2) is 118 Å². The van der Waals surface area contributed by atoms with Crippen LogP contribution in [0.4, 0.5) is 0 Å². The number of aliphatic hydroxyl groups excluding tert-OH is 5. The number of ether oxygens (including phenoxy) is 2. The van der Waals surface area contributed by atoms with Gasteiger partial charge in [-0.25, -0.2) is 0 Å². The van der Waals surface area contributed by atoms with Crippen LogP contribution < -0.4 is 15.4 Å². The molecule has 3 aromatic rings. The van der Waals surface area contributed by atoms with Gasteiger partial charge in [0.1, 0.15) is 52.4 Å². The number of carbonyl (C=O) groups excluding carboxylic acids is 3. The van der Waals surface area contributed by atoms with Crippen LogP contribution in [0.5, 0.6) is 11.5 Å². The normalized spacial score (nSPS) is 45.0. The smallest absolute Gasteiger partial charge is 0.229 e. The Kier molecular flexibility index (Phi) is 14.6. The molecule has 1 saturated heterocycles. The van der Waals surface area contributed by atoms with Crippen molar-refractivity contribution in [2.24, 2.45) is 80.3 Å². The highest BCUT2D eigenvalue weighted by Crippen LogP contribution is 2.80. The highest BCUT2D eigenvalue weighted by Gasteiger charge is 2.80. The molecular weight excluding hydrogens is 1210 g/mol. The number of hydrogen-bond donors (Lipinski definition) is 10. The predicted octanol–water partition coefficient (Wildman–Crippen LogP) is 10.4. The summed E-state index contributed by atoms with van der Waals surface area (Å²) >= 11 is 0. The van der Waals surface area contributed by atoms with E-state index in [4.69, 9.17) is 9.47 Å². The van der Waals surface area contributed by atoms with Crippen molar-refractivity contribution in [3.63, 3.8) is 0 Å². The van der Waals surface area contributed by atoms with Crippen LogP contribution in [0.15, 0.2) is 113 Å². The predicted molar refractivity (Wildman–Crippen MR) is 351 cm³/mol. The lowest BCUT2D eigenvalue weighted by molar-refractivity contribution is -0.392. The second kappa shape index (κ2) is 22.0. The highest BCUT2D eigenvalue weighted by molar-refractivity contribution is 8.77. The average molecular weight is 1300 g/mol. The largest absolute Gasteiger partial charge is 0.511 e. The first-order valence-corrected chi connectivity index (χ1v) is 37.4. The van der Waals surface area contributed by atoms with E-state index in [2.05, 4.69) is 22.8 Å². The fourth-order valence-electron chi connectivity index (χ4n) is 24.6. The number of carbonyl (C=O) groups is 3. The van der Waals surface area contributed by atoms with E-state index in [1.54, 1.807) is 30.3 Å². The molecule has 0 radical (unpaired) electrons. The number of Topliss-reactive ketones (excluding diaryl/α,β-unsaturated/α-hetero) is 2. The molecule has 9 fully saturated rings. The molecule has 5 spiro atoms. The number of hydrogen-bond acceptors (Lipinski definition) is 17. The van der Waals surface area contributed by atoms with E-state index in [0.717, 1.165) is 113 Å². The first-order chi connectivity index (χ1) is 44.8. The Morgan fingerprint density at radius 3 is 2.43 bits per heavy atom. The summed E-state index contributed by atoms with van der Waals surface area (Å²) in [5.74, 6) is -2.27. The zero-order valence-corrected chi connectivity index (χ0v) is 54.6. The van der Waals surface area contributed by atoms with E-state index in [0.29, 0.717) is 73.8 Å². The quantitative estimate of drug-likeness (QED) is 0.0743. The number of rotatable bonds is 8. The molecule has 10 bridgehead atoms. The van der Waals surface area contributed by atoms with Gasteiger partial charge in [0.2, 0.25) is 6.29 Å². The van der Waals surface area contributed by atoms with Crippen LogP contribution in [0, 0.1) is 80.3 Å². The van der Waals surface area contributed by atoms with Gasteiger partial charge in [-0.1, -0.05) is 89.0 Å². The second-order valence-electron chi connectivity index (χ2n) is 32.5. The third-order valence-corrected chi connectivity index (χ3v) is 30.6. The summed E-state index contributed by atoms with van der Waals surface area (Å²) in [7, 11) is 3.00. The summed E-state index contributed by atoms with van der Waals surface area (Å²) in [6.45, 7) is -0.363. The average Bonchev–Trinajstić information content (AvgIpc) is 1.20. The maximum atomic E-state index is 16.9. The van der Waals surface area contributed by atoms with Gasteiger partial charge in [0, 0.05) is 34.6 Å². The van der Waals surface area contributed by atoms with Crippen molar-refractivity contribution in [2.45, 2.75) is 188 Å². The molecule has 18 rings (SSSR count). The molecule has 3 aliphatic heterocycles. The van der Waals surface area contributed by atoms with Crippen molar-refractivity contribution >= 4 is 39.4 Å². The zero-order valence-electron chi connectivity index (χ0n) is 53.0. The number of allylic oxidation sites excluding steroid dienone is 6. The van der Waals surface area contributed by atoms with Gasteiger partial charge in [0.25, 0.3) is 0 Å². The number of nitrogens with one attached hydrogen (secondary N) is 2. The Hall–Kier alpha value is -4.95. The van der Waals surface area contributed by atoms with E-state index < -0.39 is 86.8 Å². The van der Waals surface area contributed by atoms with E-state index in [1.165, 1.54) is 39.0 Å². The summed E-state index contributed by atoms with van der Waals surface area (Å²) in [5, 5.41) is 106. The maximum absolute atomic E-state index is 16.9. The maximum Gasteiger partial charge on any atom is 0.229 e. The van der Waals surface area contributed by atoms with Gasteiger partial charge in [-0.2, -0.15) is 0 Å². The van der Waals surface area contributed by atoms with Crippen LogP contribution in [0.3, 0.4) is 0 Å². The Morgan fingerprint density at radius 2 is 1.59 bits per heavy atom. The number of phenols is 1. The molecule has 0 unspecified atom stereocenters. The molecule has 21 atom stereocenters. The molecule has 15 nitrogen and oxygen atoms in total. The van der Waals surface area contributed by atoms with Crippen molar-refractivity contribution in [1.29, 1.82) is 0 Å². The molecule has 17 heteroatoms. The topological polar surface area (TPSA) is 256 Å². The van der Waals surface area contributed by atoms with E-state index >= 15 is 9.59 Å². The Labute approximate surface area is 552 Å². The molecular formula is C76H90N2O13S2. The van der Waals surface area contributed by atoms with Crippen LogP contribution in [-0.2, 0) is 29.0 Å². The number of aromatic hydroxyl groups is 1. The van der Waals surface area contributed by atoms with Gasteiger partial charge in [0.15, 0.2) is 11.6 Å². The minimum absolute atomic E-state index is 0.0407. The van der Waals surface area contributed by atoms with Crippen molar-refractivity contribution < 1.29 is 64.7 Å². The fourth-order valence-corrected chi connectivity index (χ4v) is 27.7. The van der Waals surface area contributed by atoms with E-state index in [-0.39, 0.29) is 82.0 Å². The fraction of sp³-hybridized carbons (Fsp3) is 0.618. The summed E-state index contributed by atoms with van der Waals surface area (Å²) in [6.07, 6.45) is 19.1. The van der Waals surface area contributed by atoms with Crippen LogP contribution in [0.1, 0.15) is 166 Å². The monoisotopic (exact) mass is 1300 g/mol. The van der Waals surface area contributed by atoms with Crippen molar-refractivity contribution in [3.8, 4) is 11.5 Å². The first kappa shape index (κ1) is 61.6. The molecule has 3 heterocycles. The number of dihydropyridines is 1. The third kappa shape index (κ3) is 9.03. The standard InChI is InChI=1S/C76H90N2O13S2/c79-35-45-8-3-6-42(21-45)22-46-24-57-62(84)54-11-5-12-58-61(54)64(85)75(57,59(83)25-46)66(47-13-14-50-9-1-2-16-72(50,88)30-47)93-92-41-78-60-28-56-55(34-77-60)48-26-49-31-73(40-81)68(87)76(89,65(86)67(90-58)91-73)63(49)74(56)39-71(33-51(74)27-48)38-70(32-52(71)36-80)19-18-69(37-70)17-15-44(29-69)20-43-7-4-10-53(82)23-43/h3-8,10-12,21,23-25,28,36,44,47-52,57,63,65-68,77-79,81-83,86-89H,1-2,9,13-20,22,26-27,29-35,37-41H2/t44-,47+,48+,49+,50+,51-,52-,57-,63+,65+,66+,67-,68-,69-,70+,71+,72+,73-,74-,75-,76-/m1/s1. The first-order valence-electron chi connectivity index (χ1n) is 35.1. The third-order valence-electron chi connectivity index (χ3n) is 27.9. The summed E-state index contributed by atoms with van der Waals surface area (Å²) in [5.41, 5.74) is -2.64. The van der Waals surface area contributed by atoms with Crippen molar-refractivity contribution in [2.75, 3.05) is 19.0 Å². The number of aldehydes is 1. The molecule has 10 N–H and O–H groups in total. The van der Waals surface area contributed by atoms with Gasteiger partial charge >= 0.3 is 0 Å². The minimum Gasteiger partial charge on any atom is -0.511 e. The lowest BCUT2D eigenvalue weighted by atomic mass is 9.46. The van der Waals surface area contributed by atoms with Crippen LogP contribution in [0.25, 0.3) is 0 Å². The summed E-state index contributed by atoms with van der Waals surface area (Å²) in [6, 6.07) is 20.0. The van der Waals surface area contributed by atoms with Crippen molar-refractivity contribution in [1.82, 2.24) is 10.6 Å². The van der Waals surface area contributed by atoms with Crippen molar-refractivity contribution in [3.05, 3.63) is 141 Å². The molecule has 3 aromatic carbocycles. The van der Waals surface area contributed by atoms with E-state index in [9.17, 15) is 45.6 Å². The van der Waals surface area contributed by atoms with Gasteiger partial charge in [0.05, 0.1) is 42.0 Å². The molecule has 15 aliphatic rings. The van der Waals surface area contributed by atoms with E-state index in [1.807, 2.05) is 42.5 Å². The van der Waals surface area contributed by atoms with Gasteiger partial charge < -0.3 is 65.8 Å². The molecule has 12 aliphatic carbocycles. The Bertz CT molecular complexity index is 3740. The molecule has 8 saturated carbocycles.